The number of amides is 3. The van der Waals surface area contributed by atoms with Crippen molar-refractivity contribution in [3.05, 3.63) is 23.8 Å². The molecule has 3 amide bonds. The maximum atomic E-state index is 12.4. The van der Waals surface area contributed by atoms with Crippen molar-refractivity contribution >= 4 is 44.4 Å². The second-order valence-corrected chi connectivity index (χ2v) is 8.10. The van der Waals surface area contributed by atoms with Gasteiger partial charge in [-0.05, 0) is 31.4 Å². The minimum absolute atomic E-state index is 0.0943. The van der Waals surface area contributed by atoms with Gasteiger partial charge < -0.3 is 5.32 Å². The number of anilines is 1. The van der Waals surface area contributed by atoms with Crippen LogP contribution in [0.1, 0.15) is 37.7 Å². The predicted octanol–water partition coefficient (Wildman–Crippen LogP) is 3.11. The number of carbonyl (C=O) groups excluding carboxylic acids is 3. The van der Waals surface area contributed by atoms with Crippen LogP contribution in [0.3, 0.4) is 0 Å². The summed E-state index contributed by atoms with van der Waals surface area (Å²) in [5.41, 5.74) is 1.96. The van der Waals surface area contributed by atoms with Gasteiger partial charge in [0.2, 0.25) is 17.7 Å². The first-order valence-electron chi connectivity index (χ1n) is 9.06. The van der Waals surface area contributed by atoms with E-state index in [1.54, 1.807) is 0 Å². The predicted molar refractivity (Wildman–Crippen MR) is 99.8 cm³/mol. The van der Waals surface area contributed by atoms with Gasteiger partial charge in [0.05, 0.1) is 22.1 Å². The molecule has 0 bridgehead atoms. The first-order chi connectivity index (χ1) is 12.5. The maximum Gasteiger partial charge on any atom is 0.233 e. The molecule has 4 rings (SSSR count). The summed E-state index contributed by atoms with van der Waals surface area (Å²) in [6, 6.07) is 5.92. The maximum absolute atomic E-state index is 12.4. The van der Waals surface area contributed by atoms with Crippen molar-refractivity contribution in [2.45, 2.75) is 39.0 Å². The average molecular weight is 371 g/mol. The molecule has 2 aliphatic rings. The van der Waals surface area contributed by atoms with E-state index in [0.717, 1.165) is 41.5 Å². The van der Waals surface area contributed by atoms with Crippen molar-refractivity contribution in [2.75, 3.05) is 11.9 Å². The van der Waals surface area contributed by atoms with Gasteiger partial charge in [-0.2, -0.15) is 0 Å². The summed E-state index contributed by atoms with van der Waals surface area (Å²) in [5.74, 6) is -0.735. The molecular formula is C19H21N3O3S. The molecule has 1 aliphatic carbocycles. The number of para-hydroxylation sites is 1. The Kier molecular flexibility index (Phi) is 4.48. The van der Waals surface area contributed by atoms with Crippen molar-refractivity contribution in [2.24, 2.45) is 11.8 Å². The van der Waals surface area contributed by atoms with E-state index in [0.29, 0.717) is 5.13 Å². The van der Waals surface area contributed by atoms with E-state index in [9.17, 15) is 14.4 Å². The summed E-state index contributed by atoms with van der Waals surface area (Å²) in [6.45, 7) is 2.14. The highest BCUT2D eigenvalue weighted by atomic mass is 32.1. The van der Waals surface area contributed by atoms with E-state index in [1.165, 1.54) is 16.2 Å². The Morgan fingerprint density at radius 2 is 1.92 bits per heavy atom. The normalized spacial score (nSPS) is 22.7. The van der Waals surface area contributed by atoms with E-state index >= 15 is 0 Å². The number of fused-ring (bicyclic) bond motifs is 2. The Bertz CT molecular complexity index is 867. The van der Waals surface area contributed by atoms with Crippen LogP contribution in [0.2, 0.25) is 0 Å². The topological polar surface area (TPSA) is 79.4 Å². The lowest BCUT2D eigenvalue weighted by Gasteiger charge is -2.19. The zero-order valence-electron chi connectivity index (χ0n) is 14.7. The number of nitrogens with one attached hydrogen (secondary N) is 1. The van der Waals surface area contributed by atoms with Crippen LogP contribution in [0.4, 0.5) is 5.13 Å². The Morgan fingerprint density at radius 3 is 2.58 bits per heavy atom. The van der Waals surface area contributed by atoms with Crippen LogP contribution in [0.25, 0.3) is 10.2 Å². The van der Waals surface area contributed by atoms with Gasteiger partial charge in [-0.15, -0.1) is 0 Å². The SMILES string of the molecule is Cc1cccc2sc(NC(=O)CCN3C(=O)[C@H]4CCCC[C@H]4C3=O)nc12. The summed E-state index contributed by atoms with van der Waals surface area (Å²) in [4.78, 5) is 42.9. The first kappa shape index (κ1) is 17.1. The molecule has 0 spiro atoms. The van der Waals surface area contributed by atoms with Crippen LogP contribution < -0.4 is 5.32 Å². The molecule has 2 heterocycles. The number of carbonyl (C=O) groups is 3. The number of likely N-dealkylation sites (tertiary alicyclic amines) is 1. The van der Waals surface area contributed by atoms with Crippen molar-refractivity contribution in [1.29, 1.82) is 0 Å². The molecule has 1 N–H and O–H groups in total. The highest BCUT2D eigenvalue weighted by Crippen LogP contribution is 2.38. The Labute approximate surface area is 155 Å². The number of thiazole rings is 1. The van der Waals surface area contributed by atoms with Crippen molar-refractivity contribution in [3.63, 3.8) is 0 Å². The second-order valence-electron chi connectivity index (χ2n) is 7.06. The fourth-order valence-electron chi connectivity index (χ4n) is 3.99. The lowest BCUT2D eigenvalue weighted by Crippen LogP contribution is -2.34. The number of rotatable bonds is 4. The number of benzene rings is 1. The lowest BCUT2D eigenvalue weighted by atomic mass is 9.81. The van der Waals surface area contributed by atoms with E-state index in [1.807, 2.05) is 25.1 Å². The van der Waals surface area contributed by atoms with E-state index in [-0.39, 0.29) is 42.5 Å². The number of nitrogens with zero attached hydrogens (tertiary/aromatic N) is 2. The highest BCUT2D eigenvalue weighted by molar-refractivity contribution is 7.22. The molecule has 6 nitrogen and oxygen atoms in total. The van der Waals surface area contributed by atoms with E-state index < -0.39 is 0 Å². The number of hydrogen-bond donors (Lipinski definition) is 1. The van der Waals surface area contributed by atoms with E-state index in [2.05, 4.69) is 10.3 Å². The molecule has 136 valence electrons. The molecule has 0 radical (unpaired) electrons. The lowest BCUT2D eigenvalue weighted by molar-refractivity contribution is -0.140. The third-order valence-electron chi connectivity index (χ3n) is 5.36. The zero-order chi connectivity index (χ0) is 18.3. The molecule has 1 saturated carbocycles. The highest BCUT2D eigenvalue weighted by Gasteiger charge is 2.47. The summed E-state index contributed by atoms with van der Waals surface area (Å²) < 4.78 is 1.02. The molecule has 1 aliphatic heterocycles. The number of aryl methyl sites for hydroxylation is 1. The number of imide groups is 1. The summed E-state index contributed by atoms with van der Waals surface area (Å²) in [6.07, 6.45) is 3.70. The third kappa shape index (κ3) is 3.00. The molecule has 2 fully saturated rings. The molecule has 2 atom stereocenters. The third-order valence-corrected chi connectivity index (χ3v) is 6.30. The molecule has 1 saturated heterocycles. The summed E-state index contributed by atoms with van der Waals surface area (Å²) in [5, 5.41) is 3.34. The van der Waals surface area contributed by atoms with Crippen molar-refractivity contribution < 1.29 is 14.4 Å². The minimum atomic E-state index is -0.225. The van der Waals surface area contributed by atoms with Gasteiger partial charge in [-0.1, -0.05) is 36.3 Å². The second kappa shape index (κ2) is 6.79. The van der Waals surface area contributed by atoms with Gasteiger partial charge in [0.1, 0.15) is 0 Å². The summed E-state index contributed by atoms with van der Waals surface area (Å²) in [7, 11) is 0. The van der Waals surface area contributed by atoms with Gasteiger partial charge in [0, 0.05) is 13.0 Å². The van der Waals surface area contributed by atoms with Gasteiger partial charge in [0.25, 0.3) is 0 Å². The van der Waals surface area contributed by atoms with Crippen LogP contribution in [0.15, 0.2) is 18.2 Å². The van der Waals surface area contributed by atoms with Gasteiger partial charge in [0.15, 0.2) is 5.13 Å². The van der Waals surface area contributed by atoms with Crippen LogP contribution in [0.5, 0.6) is 0 Å². The molecule has 0 unspecified atom stereocenters. The fraction of sp³-hybridized carbons (Fsp3) is 0.474. The van der Waals surface area contributed by atoms with Crippen molar-refractivity contribution in [1.82, 2.24) is 9.88 Å². The zero-order valence-corrected chi connectivity index (χ0v) is 15.5. The quantitative estimate of drug-likeness (QED) is 0.838. The van der Waals surface area contributed by atoms with Crippen molar-refractivity contribution in [3.8, 4) is 0 Å². The molecule has 26 heavy (non-hydrogen) atoms. The molecule has 1 aromatic heterocycles. The van der Waals surface area contributed by atoms with Crippen LogP contribution >= 0.6 is 11.3 Å². The van der Waals surface area contributed by atoms with Gasteiger partial charge in [-0.3, -0.25) is 19.3 Å². The Balaban J connectivity index is 1.38. The Morgan fingerprint density at radius 1 is 1.23 bits per heavy atom. The average Bonchev–Trinajstić information content (AvgIpc) is 3.14. The molecule has 7 heteroatoms. The van der Waals surface area contributed by atoms with Gasteiger partial charge >= 0.3 is 0 Å². The standard InChI is InChI=1S/C19H21N3O3S/c1-11-5-4-8-14-16(11)21-19(26-14)20-15(23)9-10-22-17(24)12-6-2-3-7-13(12)18(22)25/h4-5,8,12-13H,2-3,6-7,9-10H2,1H3,(H,20,21,23)/t12-,13+. The summed E-state index contributed by atoms with van der Waals surface area (Å²) >= 11 is 1.42. The largest absolute Gasteiger partial charge is 0.302 e. The first-order valence-corrected chi connectivity index (χ1v) is 9.87. The monoisotopic (exact) mass is 371 g/mol. The molecular weight excluding hydrogens is 350 g/mol. The van der Waals surface area contributed by atoms with Gasteiger partial charge in [-0.25, -0.2) is 4.98 Å². The van der Waals surface area contributed by atoms with Crippen LogP contribution in [-0.2, 0) is 14.4 Å². The Hall–Kier alpha value is -2.28. The van der Waals surface area contributed by atoms with Crippen LogP contribution in [-0.4, -0.2) is 34.2 Å². The number of hydrogen-bond acceptors (Lipinski definition) is 5. The molecule has 1 aromatic carbocycles. The van der Waals surface area contributed by atoms with E-state index in [4.69, 9.17) is 0 Å². The smallest absolute Gasteiger partial charge is 0.233 e. The minimum Gasteiger partial charge on any atom is -0.302 e. The molecule has 2 aromatic rings. The fourth-order valence-corrected chi connectivity index (χ4v) is 4.95. The number of aromatic nitrogens is 1. The van der Waals surface area contributed by atoms with Crippen LogP contribution in [0, 0.1) is 18.8 Å².